The number of benzene rings is 2. The van der Waals surface area contributed by atoms with Crippen LogP contribution >= 0.6 is 0 Å². The van der Waals surface area contributed by atoms with Crippen LogP contribution in [-0.2, 0) is 13.5 Å². The van der Waals surface area contributed by atoms with Crippen LogP contribution in [0, 0.1) is 6.92 Å². The third-order valence-electron chi connectivity index (χ3n) is 4.67. The van der Waals surface area contributed by atoms with E-state index in [1.165, 1.54) is 44.2 Å². The van der Waals surface area contributed by atoms with Gasteiger partial charge in [0.05, 0.1) is 11.2 Å². The maximum atomic E-state index is 4.55. The molecule has 23 heavy (non-hydrogen) atoms. The highest BCUT2D eigenvalue weighted by Gasteiger charge is 2.12. The Bertz CT molecular complexity index is 1020. The quantitative estimate of drug-likeness (QED) is 0.493. The van der Waals surface area contributed by atoms with Crippen molar-refractivity contribution in [3.05, 3.63) is 66.0 Å². The summed E-state index contributed by atoms with van der Waals surface area (Å²) in [6, 6.07) is 17.6. The van der Waals surface area contributed by atoms with Crippen molar-refractivity contribution in [2.45, 2.75) is 20.3 Å². The van der Waals surface area contributed by atoms with Gasteiger partial charge < -0.3 is 4.57 Å². The zero-order valence-electron chi connectivity index (χ0n) is 13.8. The van der Waals surface area contributed by atoms with Gasteiger partial charge in [0, 0.05) is 29.5 Å². The smallest absolute Gasteiger partial charge is 0.0707 e. The Kier molecular flexibility index (Phi) is 3.19. The van der Waals surface area contributed by atoms with Gasteiger partial charge >= 0.3 is 0 Å². The summed E-state index contributed by atoms with van der Waals surface area (Å²) in [5, 5.41) is 2.60. The van der Waals surface area contributed by atoms with Crippen LogP contribution in [0.5, 0.6) is 0 Å². The normalized spacial score (nSPS) is 11.4. The second kappa shape index (κ2) is 5.24. The topological polar surface area (TPSA) is 17.8 Å². The van der Waals surface area contributed by atoms with Gasteiger partial charge in [-0.3, -0.25) is 4.98 Å². The molecule has 0 N–H and O–H groups in total. The first-order valence-electron chi connectivity index (χ1n) is 8.12. The van der Waals surface area contributed by atoms with E-state index >= 15 is 0 Å². The summed E-state index contributed by atoms with van der Waals surface area (Å²) in [7, 11) is 2.14. The van der Waals surface area contributed by atoms with E-state index in [1.807, 2.05) is 6.20 Å². The summed E-state index contributed by atoms with van der Waals surface area (Å²) < 4.78 is 2.27. The molecule has 0 aliphatic carbocycles. The number of pyridine rings is 1. The Morgan fingerprint density at radius 1 is 0.957 bits per heavy atom. The Labute approximate surface area is 136 Å². The molecule has 4 rings (SSSR count). The van der Waals surface area contributed by atoms with E-state index < -0.39 is 0 Å². The number of rotatable bonds is 2. The third kappa shape index (κ3) is 2.14. The fourth-order valence-electron chi connectivity index (χ4n) is 3.52. The van der Waals surface area contributed by atoms with Crippen molar-refractivity contribution >= 4 is 21.8 Å². The maximum absolute atomic E-state index is 4.55. The molecule has 0 bridgehead atoms. The summed E-state index contributed by atoms with van der Waals surface area (Å²) in [4.78, 5) is 4.55. The molecule has 0 unspecified atom stereocenters. The number of fused-ring (bicyclic) bond motifs is 3. The molecule has 0 spiro atoms. The maximum Gasteiger partial charge on any atom is 0.0707 e. The largest absolute Gasteiger partial charge is 0.342 e. The minimum Gasteiger partial charge on any atom is -0.342 e. The van der Waals surface area contributed by atoms with Crippen LogP contribution in [0.1, 0.15) is 18.2 Å². The Morgan fingerprint density at radius 3 is 2.57 bits per heavy atom. The zero-order chi connectivity index (χ0) is 16.0. The molecule has 2 heteroatoms. The van der Waals surface area contributed by atoms with Gasteiger partial charge in [0.25, 0.3) is 0 Å². The number of hydrogen-bond acceptors (Lipinski definition) is 1. The van der Waals surface area contributed by atoms with Crippen molar-refractivity contribution in [2.24, 2.45) is 7.05 Å². The molecule has 2 aromatic carbocycles. The van der Waals surface area contributed by atoms with Crippen LogP contribution in [0.25, 0.3) is 32.9 Å². The van der Waals surface area contributed by atoms with Crippen LogP contribution in [0.4, 0.5) is 0 Å². The fraction of sp³-hybridized carbons (Fsp3) is 0.190. The van der Waals surface area contributed by atoms with Crippen molar-refractivity contribution in [1.29, 1.82) is 0 Å². The van der Waals surface area contributed by atoms with Gasteiger partial charge in [-0.2, -0.15) is 0 Å². The molecule has 0 radical (unpaired) electrons. The molecule has 0 fully saturated rings. The van der Waals surface area contributed by atoms with E-state index in [4.69, 9.17) is 0 Å². The molecule has 4 aromatic rings. The Hall–Kier alpha value is -2.61. The molecule has 2 nitrogen and oxygen atoms in total. The van der Waals surface area contributed by atoms with Crippen molar-refractivity contribution < 1.29 is 0 Å². The average Bonchev–Trinajstić information content (AvgIpc) is 2.87. The Balaban J connectivity index is 2.04. The first-order chi connectivity index (χ1) is 11.2. The van der Waals surface area contributed by atoms with Gasteiger partial charge in [-0.15, -0.1) is 0 Å². The van der Waals surface area contributed by atoms with Crippen LogP contribution < -0.4 is 0 Å². The number of nitrogens with zero attached hydrogens (tertiary/aromatic N) is 2. The predicted molar refractivity (Wildman–Crippen MR) is 97.8 cm³/mol. The van der Waals surface area contributed by atoms with Crippen LogP contribution in [-0.4, -0.2) is 9.55 Å². The molecule has 0 atom stereocenters. The molecular formula is C21H20N2. The van der Waals surface area contributed by atoms with Crippen LogP contribution in [0.2, 0.25) is 0 Å². The third-order valence-corrected chi connectivity index (χ3v) is 4.67. The Morgan fingerprint density at radius 2 is 1.78 bits per heavy atom. The molecule has 0 saturated heterocycles. The lowest BCUT2D eigenvalue weighted by Crippen LogP contribution is -1.94. The standard InChI is InChI=1S/C21H20N2/c1-4-19-21-17(10-11-22-19)18-13-16(8-9-20(18)23(21)3)15-7-5-6-14(2)12-15/h5-13H,4H2,1-3H3. The van der Waals surface area contributed by atoms with Gasteiger partial charge in [0.1, 0.15) is 0 Å². The predicted octanol–water partition coefficient (Wildman–Crippen LogP) is 5.26. The highest BCUT2D eigenvalue weighted by Crippen LogP contribution is 2.33. The molecule has 114 valence electrons. The molecule has 2 aromatic heterocycles. The number of aromatic nitrogens is 2. The van der Waals surface area contributed by atoms with Crippen molar-refractivity contribution in [3.8, 4) is 11.1 Å². The SMILES string of the molecule is CCc1nccc2c3cc(-c4cccc(C)c4)ccc3n(C)c12. The lowest BCUT2D eigenvalue weighted by molar-refractivity contribution is 0.968. The molecule has 0 amide bonds. The van der Waals surface area contributed by atoms with Gasteiger partial charge in [-0.1, -0.05) is 42.8 Å². The molecule has 0 saturated carbocycles. The molecule has 0 aliphatic heterocycles. The molecule has 2 heterocycles. The zero-order valence-corrected chi connectivity index (χ0v) is 13.8. The van der Waals surface area contributed by atoms with Crippen molar-refractivity contribution in [3.63, 3.8) is 0 Å². The number of hydrogen-bond donors (Lipinski definition) is 0. The number of aryl methyl sites for hydroxylation is 3. The van der Waals surface area contributed by atoms with Gasteiger partial charge in [0.2, 0.25) is 0 Å². The first kappa shape index (κ1) is 14.0. The van der Waals surface area contributed by atoms with Gasteiger partial charge in [-0.25, -0.2) is 0 Å². The van der Waals surface area contributed by atoms with E-state index in [9.17, 15) is 0 Å². The summed E-state index contributed by atoms with van der Waals surface area (Å²) in [5.41, 5.74) is 7.51. The first-order valence-corrected chi connectivity index (χ1v) is 8.12. The summed E-state index contributed by atoms with van der Waals surface area (Å²) in [6.45, 7) is 4.30. The fourth-order valence-corrected chi connectivity index (χ4v) is 3.52. The lowest BCUT2D eigenvalue weighted by atomic mass is 10.0. The van der Waals surface area contributed by atoms with E-state index in [2.05, 4.69) is 79.0 Å². The van der Waals surface area contributed by atoms with Crippen molar-refractivity contribution in [1.82, 2.24) is 9.55 Å². The summed E-state index contributed by atoms with van der Waals surface area (Å²) in [5.74, 6) is 0. The van der Waals surface area contributed by atoms with E-state index in [0.717, 1.165) is 6.42 Å². The van der Waals surface area contributed by atoms with Crippen molar-refractivity contribution in [2.75, 3.05) is 0 Å². The van der Waals surface area contributed by atoms with Gasteiger partial charge in [0.15, 0.2) is 0 Å². The molecular weight excluding hydrogens is 280 g/mol. The second-order valence-electron chi connectivity index (χ2n) is 6.17. The van der Waals surface area contributed by atoms with E-state index in [1.54, 1.807) is 0 Å². The van der Waals surface area contributed by atoms with Crippen LogP contribution in [0.15, 0.2) is 54.7 Å². The van der Waals surface area contributed by atoms with Gasteiger partial charge in [-0.05, 0) is 42.7 Å². The van der Waals surface area contributed by atoms with Crippen LogP contribution in [0.3, 0.4) is 0 Å². The summed E-state index contributed by atoms with van der Waals surface area (Å²) >= 11 is 0. The molecule has 0 aliphatic rings. The lowest BCUT2D eigenvalue weighted by Gasteiger charge is -2.04. The summed E-state index contributed by atoms with van der Waals surface area (Å²) in [6.07, 6.45) is 2.88. The minimum atomic E-state index is 0.951. The average molecular weight is 300 g/mol. The minimum absolute atomic E-state index is 0.951. The monoisotopic (exact) mass is 300 g/mol. The highest BCUT2D eigenvalue weighted by atomic mass is 15.0. The highest BCUT2D eigenvalue weighted by molar-refractivity contribution is 6.09. The second-order valence-corrected chi connectivity index (χ2v) is 6.17. The van der Waals surface area contributed by atoms with E-state index in [0.29, 0.717) is 0 Å². The van der Waals surface area contributed by atoms with E-state index in [-0.39, 0.29) is 0 Å².